The maximum atomic E-state index is 12.3. The minimum Gasteiger partial charge on any atom is -0.357 e. The molecule has 1 amide bonds. The quantitative estimate of drug-likeness (QED) is 0.246. The van der Waals surface area contributed by atoms with Crippen LogP contribution < -0.4 is 16.0 Å². The smallest absolute Gasteiger partial charge is 0.251 e. The molecule has 166 valence electrons. The molecule has 0 saturated carbocycles. The third-order valence-corrected chi connectivity index (χ3v) is 5.44. The Morgan fingerprint density at radius 2 is 1.93 bits per heavy atom. The molecule has 3 N–H and O–H groups in total. The molecule has 30 heavy (non-hydrogen) atoms. The zero-order valence-electron chi connectivity index (χ0n) is 17.8. The number of hydrogen-bond donors (Lipinski definition) is 3. The number of carbonyl (C=O) groups excluding carboxylic acids is 1. The predicted octanol–water partition coefficient (Wildman–Crippen LogP) is 4.73. The Labute approximate surface area is 205 Å². The number of rotatable bonds is 8. The topological polar surface area (TPSA) is 70.4 Å². The Kier molecular flexibility index (Phi) is 11.6. The lowest BCUT2D eigenvalue weighted by Crippen LogP contribution is -2.37. The van der Waals surface area contributed by atoms with Gasteiger partial charge in [-0.3, -0.25) is 4.79 Å². The van der Waals surface area contributed by atoms with Gasteiger partial charge in [-0.15, -0.1) is 24.0 Å². The average molecular weight is 566 g/mol. The molecule has 1 atom stereocenters. The standard InChI is InChI=1S/C21H29Cl2N5O.HI/c1-5-14(3)27-20(29)16-9-7-8-15(10-16)12-25-21(24-6-2)26-13-17-11-18(22)19(23)28(17)4;/h7-11,14H,5-6,12-13H2,1-4H3,(H,27,29)(H2,24,25,26);1H. The lowest BCUT2D eigenvalue weighted by molar-refractivity contribution is 0.0939. The van der Waals surface area contributed by atoms with Crippen molar-refractivity contribution in [3.05, 3.63) is 57.3 Å². The number of amides is 1. The van der Waals surface area contributed by atoms with E-state index in [0.717, 1.165) is 24.2 Å². The normalized spacial score (nSPS) is 12.1. The highest BCUT2D eigenvalue weighted by Crippen LogP contribution is 2.24. The molecule has 0 bridgehead atoms. The van der Waals surface area contributed by atoms with E-state index in [4.69, 9.17) is 23.2 Å². The summed E-state index contributed by atoms with van der Waals surface area (Å²) >= 11 is 12.2. The molecule has 1 aromatic heterocycles. The summed E-state index contributed by atoms with van der Waals surface area (Å²) in [5.74, 6) is 0.614. The third kappa shape index (κ3) is 7.67. The molecule has 2 rings (SSSR count). The van der Waals surface area contributed by atoms with E-state index in [9.17, 15) is 4.79 Å². The molecule has 0 saturated heterocycles. The lowest BCUT2D eigenvalue weighted by atomic mass is 10.1. The molecule has 0 spiro atoms. The number of hydrogen-bond acceptors (Lipinski definition) is 2. The highest BCUT2D eigenvalue weighted by molar-refractivity contribution is 14.0. The first-order chi connectivity index (χ1) is 13.8. The average Bonchev–Trinajstić information content (AvgIpc) is 2.96. The monoisotopic (exact) mass is 565 g/mol. The van der Waals surface area contributed by atoms with Crippen LogP contribution in [0.25, 0.3) is 0 Å². The number of halogens is 3. The Hall–Kier alpha value is -1.45. The van der Waals surface area contributed by atoms with E-state index in [-0.39, 0.29) is 35.9 Å². The van der Waals surface area contributed by atoms with Gasteiger partial charge in [0.2, 0.25) is 0 Å². The van der Waals surface area contributed by atoms with Crippen molar-refractivity contribution in [2.45, 2.75) is 46.3 Å². The van der Waals surface area contributed by atoms with Gasteiger partial charge in [0.05, 0.1) is 18.1 Å². The number of aromatic nitrogens is 1. The number of guanidine groups is 1. The van der Waals surface area contributed by atoms with Crippen LogP contribution in [-0.4, -0.2) is 29.0 Å². The summed E-state index contributed by atoms with van der Waals surface area (Å²) in [7, 11) is 1.87. The molecular formula is C21H30Cl2IN5O. The van der Waals surface area contributed by atoms with Crippen LogP contribution in [0.1, 0.15) is 48.8 Å². The van der Waals surface area contributed by atoms with Crippen molar-refractivity contribution in [1.82, 2.24) is 20.5 Å². The summed E-state index contributed by atoms with van der Waals surface area (Å²) in [6.07, 6.45) is 0.894. The first-order valence-electron chi connectivity index (χ1n) is 9.77. The molecule has 0 aliphatic carbocycles. The number of carbonyl (C=O) groups is 1. The fraction of sp³-hybridized carbons (Fsp3) is 0.429. The van der Waals surface area contributed by atoms with E-state index in [1.54, 1.807) is 0 Å². The van der Waals surface area contributed by atoms with Gasteiger partial charge in [0.25, 0.3) is 5.91 Å². The van der Waals surface area contributed by atoms with Crippen LogP contribution in [0.4, 0.5) is 0 Å². The number of aliphatic imine (C=N–C) groups is 1. The second-order valence-corrected chi connectivity index (χ2v) is 7.63. The van der Waals surface area contributed by atoms with Gasteiger partial charge in [0.1, 0.15) is 5.15 Å². The van der Waals surface area contributed by atoms with Crippen molar-refractivity contribution in [2.75, 3.05) is 6.54 Å². The van der Waals surface area contributed by atoms with Crippen molar-refractivity contribution in [1.29, 1.82) is 0 Å². The fourth-order valence-electron chi connectivity index (χ4n) is 2.67. The number of nitrogens with zero attached hydrogens (tertiary/aromatic N) is 2. The second kappa shape index (κ2) is 13.1. The molecular weight excluding hydrogens is 536 g/mol. The first kappa shape index (κ1) is 26.6. The van der Waals surface area contributed by atoms with Gasteiger partial charge >= 0.3 is 0 Å². The summed E-state index contributed by atoms with van der Waals surface area (Å²) in [5.41, 5.74) is 2.56. The summed E-state index contributed by atoms with van der Waals surface area (Å²) in [6, 6.07) is 9.51. The van der Waals surface area contributed by atoms with Crippen LogP contribution in [0.5, 0.6) is 0 Å². The zero-order valence-corrected chi connectivity index (χ0v) is 21.6. The van der Waals surface area contributed by atoms with Crippen molar-refractivity contribution in [3.63, 3.8) is 0 Å². The van der Waals surface area contributed by atoms with Crippen molar-refractivity contribution in [3.8, 4) is 0 Å². The van der Waals surface area contributed by atoms with E-state index in [1.165, 1.54) is 0 Å². The van der Waals surface area contributed by atoms with Crippen molar-refractivity contribution >= 4 is 59.0 Å². The molecule has 1 heterocycles. The van der Waals surface area contributed by atoms with Crippen molar-refractivity contribution < 1.29 is 4.79 Å². The van der Waals surface area contributed by atoms with Crippen LogP contribution in [-0.2, 0) is 20.1 Å². The Morgan fingerprint density at radius 1 is 1.20 bits per heavy atom. The van der Waals surface area contributed by atoms with Crippen LogP contribution >= 0.6 is 47.2 Å². The van der Waals surface area contributed by atoms with E-state index in [0.29, 0.717) is 34.8 Å². The molecule has 1 aromatic carbocycles. The highest BCUT2D eigenvalue weighted by Gasteiger charge is 2.10. The Bertz CT molecular complexity index is 869. The molecule has 9 heteroatoms. The number of nitrogens with one attached hydrogen (secondary N) is 3. The molecule has 2 aromatic rings. The van der Waals surface area contributed by atoms with Gasteiger partial charge in [-0.05, 0) is 44.0 Å². The van der Waals surface area contributed by atoms with Crippen LogP contribution in [0.15, 0.2) is 35.3 Å². The first-order valence-corrected chi connectivity index (χ1v) is 10.5. The van der Waals surface area contributed by atoms with Crippen LogP contribution in [0.3, 0.4) is 0 Å². The summed E-state index contributed by atoms with van der Waals surface area (Å²) in [6.45, 7) is 7.77. The molecule has 0 aliphatic rings. The van der Waals surface area contributed by atoms with Gasteiger partial charge < -0.3 is 20.5 Å². The lowest BCUT2D eigenvalue weighted by Gasteiger charge is -2.13. The maximum absolute atomic E-state index is 12.3. The molecule has 0 fully saturated rings. The Morgan fingerprint density at radius 3 is 2.53 bits per heavy atom. The minimum atomic E-state index is -0.0623. The third-order valence-electron chi connectivity index (χ3n) is 4.60. The van der Waals surface area contributed by atoms with Crippen LogP contribution in [0, 0.1) is 0 Å². The fourth-order valence-corrected chi connectivity index (χ4v) is 3.08. The van der Waals surface area contributed by atoms with E-state index >= 15 is 0 Å². The summed E-state index contributed by atoms with van der Waals surface area (Å²) in [5, 5.41) is 10.5. The van der Waals surface area contributed by atoms with E-state index < -0.39 is 0 Å². The van der Waals surface area contributed by atoms with Crippen LogP contribution in [0.2, 0.25) is 10.2 Å². The molecule has 0 radical (unpaired) electrons. The van der Waals surface area contributed by atoms with Crippen molar-refractivity contribution in [2.24, 2.45) is 12.0 Å². The number of benzene rings is 1. The van der Waals surface area contributed by atoms with E-state index in [1.807, 2.05) is 62.7 Å². The molecule has 1 unspecified atom stereocenters. The Balaban J connectivity index is 0.00000450. The van der Waals surface area contributed by atoms with Gasteiger partial charge in [0.15, 0.2) is 5.96 Å². The maximum Gasteiger partial charge on any atom is 0.251 e. The SMILES string of the molecule is CCNC(=NCc1cccc(C(=O)NC(C)CC)c1)NCc1cc(Cl)c(Cl)n1C.I. The van der Waals surface area contributed by atoms with Gasteiger partial charge in [-0.25, -0.2) is 4.99 Å². The van der Waals surface area contributed by atoms with Gasteiger partial charge in [-0.2, -0.15) is 0 Å². The van der Waals surface area contributed by atoms with E-state index in [2.05, 4.69) is 20.9 Å². The van der Waals surface area contributed by atoms with Gasteiger partial charge in [-0.1, -0.05) is 42.3 Å². The summed E-state index contributed by atoms with van der Waals surface area (Å²) in [4.78, 5) is 17.0. The molecule has 6 nitrogen and oxygen atoms in total. The second-order valence-electron chi connectivity index (χ2n) is 6.87. The largest absolute Gasteiger partial charge is 0.357 e. The summed E-state index contributed by atoms with van der Waals surface area (Å²) < 4.78 is 1.83. The highest BCUT2D eigenvalue weighted by atomic mass is 127. The predicted molar refractivity (Wildman–Crippen MR) is 136 cm³/mol. The zero-order chi connectivity index (χ0) is 21.4. The minimum absolute atomic E-state index is 0. The van der Waals surface area contributed by atoms with Gasteiger partial charge in [0, 0.05) is 30.9 Å². The molecule has 0 aliphatic heterocycles.